The number of nitrogen functional groups attached to an aromatic ring is 1. The average Bonchev–Trinajstić information content (AvgIpc) is 3.09. The van der Waals surface area contributed by atoms with Gasteiger partial charge in [-0.1, -0.05) is 6.07 Å². The van der Waals surface area contributed by atoms with Crippen LogP contribution in [-0.2, 0) is 0 Å². The van der Waals surface area contributed by atoms with Crippen LogP contribution in [0, 0.1) is 12.8 Å². The Balaban J connectivity index is 2.15. The van der Waals surface area contributed by atoms with Crippen LogP contribution in [-0.4, -0.2) is 23.9 Å². The molecule has 0 aromatic heterocycles. The summed E-state index contributed by atoms with van der Waals surface area (Å²) >= 11 is 0. The zero-order valence-electron chi connectivity index (χ0n) is 10.6. The van der Waals surface area contributed by atoms with Crippen molar-refractivity contribution < 1.29 is 4.79 Å². The van der Waals surface area contributed by atoms with E-state index in [2.05, 4.69) is 0 Å². The van der Waals surface area contributed by atoms with Crippen LogP contribution < -0.4 is 5.73 Å². The zero-order chi connectivity index (χ0) is 12.4. The molecule has 0 unspecified atom stereocenters. The summed E-state index contributed by atoms with van der Waals surface area (Å²) in [4.78, 5) is 14.2. The molecule has 0 spiro atoms. The van der Waals surface area contributed by atoms with Crippen molar-refractivity contribution in [2.75, 3.05) is 18.8 Å². The third-order valence-electron chi connectivity index (χ3n) is 3.28. The summed E-state index contributed by atoms with van der Waals surface area (Å²) in [5.74, 6) is 0.780. The minimum atomic E-state index is 0.0666. The molecule has 1 saturated carbocycles. The highest BCUT2D eigenvalue weighted by molar-refractivity contribution is 5.99. The predicted molar refractivity (Wildman–Crippen MR) is 69.9 cm³/mol. The third-order valence-corrected chi connectivity index (χ3v) is 3.28. The van der Waals surface area contributed by atoms with Crippen molar-refractivity contribution in [1.82, 2.24) is 4.90 Å². The van der Waals surface area contributed by atoms with Crippen LogP contribution in [0.5, 0.6) is 0 Å². The minimum Gasteiger partial charge on any atom is -0.398 e. The van der Waals surface area contributed by atoms with Crippen molar-refractivity contribution in [2.45, 2.75) is 26.7 Å². The van der Waals surface area contributed by atoms with Gasteiger partial charge in [0.15, 0.2) is 0 Å². The van der Waals surface area contributed by atoms with E-state index in [-0.39, 0.29) is 5.91 Å². The number of benzene rings is 1. The number of anilines is 1. The topological polar surface area (TPSA) is 46.3 Å². The largest absolute Gasteiger partial charge is 0.398 e. The van der Waals surface area contributed by atoms with Crippen LogP contribution in [0.25, 0.3) is 0 Å². The number of aryl methyl sites for hydroxylation is 1. The van der Waals surface area contributed by atoms with Crippen molar-refractivity contribution in [3.05, 3.63) is 29.3 Å². The zero-order valence-corrected chi connectivity index (χ0v) is 10.6. The van der Waals surface area contributed by atoms with Crippen LogP contribution in [0.3, 0.4) is 0 Å². The van der Waals surface area contributed by atoms with E-state index in [1.807, 2.05) is 36.9 Å². The van der Waals surface area contributed by atoms with Crippen molar-refractivity contribution in [2.24, 2.45) is 5.92 Å². The molecule has 1 aliphatic carbocycles. The van der Waals surface area contributed by atoms with Crippen LogP contribution in [0.1, 0.15) is 35.7 Å². The number of carbonyl (C=O) groups excluding carboxylic acids is 1. The van der Waals surface area contributed by atoms with Gasteiger partial charge < -0.3 is 10.6 Å². The summed E-state index contributed by atoms with van der Waals surface area (Å²) in [5.41, 5.74) is 8.23. The molecule has 1 fully saturated rings. The first-order valence-corrected chi connectivity index (χ1v) is 6.27. The second-order valence-electron chi connectivity index (χ2n) is 4.88. The molecule has 0 bridgehead atoms. The number of amides is 1. The monoisotopic (exact) mass is 232 g/mol. The molecule has 92 valence electrons. The van der Waals surface area contributed by atoms with Crippen LogP contribution >= 0.6 is 0 Å². The summed E-state index contributed by atoms with van der Waals surface area (Å²) in [5, 5.41) is 0. The van der Waals surface area contributed by atoms with Crippen molar-refractivity contribution in [3.8, 4) is 0 Å². The highest BCUT2D eigenvalue weighted by Crippen LogP contribution is 2.30. The Hall–Kier alpha value is -1.51. The number of carbonyl (C=O) groups is 1. The van der Waals surface area contributed by atoms with Gasteiger partial charge in [-0.2, -0.15) is 0 Å². The van der Waals surface area contributed by atoms with E-state index in [1.165, 1.54) is 12.8 Å². The Morgan fingerprint density at radius 3 is 2.71 bits per heavy atom. The maximum absolute atomic E-state index is 12.3. The van der Waals surface area contributed by atoms with Gasteiger partial charge in [-0.3, -0.25) is 4.79 Å². The highest BCUT2D eigenvalue weighted by Gasteiger charge is 2.27. The molecular weight excluding hydrogens is 212 g/mol. The lowest BCUT2D eigenvalue weighted by molar-refractivity contribution is 0.0758. The molecule has 0 aliphatic heterocycles. The van der Waals surface area contributed by atoms with E-state index in [4.69, 9.17) is 5.73 Å². The molecule has 0 saturated heterocycles. The van der Waals surface area contributed by atoms with Gasteiger partial charge in [0.1, 0.15) is 0 Å². The van der Waals surface area contributed by atoms with E-state index >= 15 is 0 Å². The fourth-order valence-corrected chi connectivity index (χ4v) is 2.01. The molecule has 1 aliphatic rings. The van der Waals surface area contributed by atoms with Gasteiger partial charge in [0.2, 0.25) is 0 Å². The van der Waals surface area contributed by atoms with Crippen LogP contribution in [0.15, 0.2) is 18.2 Å². The predicted octanol–water partition coefficient (Wildman–Crippen LogP) is 2.45. The smallest absolute Gasteiger partial charge is 0.255 e. The molecule has 3 heteroatoms. The molecule has 3 nitrogen and oxygen atoms in total. The summed E-state index contributed by atoms with van der Waals surface area (Å²) in [7, 11) is 0. The first kappa shape index (κ1) is 12.0. The minimum absolute atomic E-state index is 0.0666. The average molecular weight is 232 g/mol. The lowest BCUT2D eigenvalue weighted by atomic mass is 10.1. The second-order valence-corrected chi connectivity index (χ2v) is 4.88. The number of hydrogen-bond acceptors (Lipinski definition) is 2. The highest BCUT2D eigenvalue weighted by atomic mass is 16.2. The SMILES string of the molecule is CCN(CC1CC1)C(=O)c1ccc(C)cc1N. The Labute approximate surface area is 103 Å². The summed E-state index contributed by atoms with van der Waals surface area (Å²) < 4.78 is 0. The molecule has 1 amide bonds. The lowest BCUT2D eigenvalue weighted by Crippen LogP contribution is -2.33. The van der Waals surface area contributed by atoms with E-state index < -0.39 is 0 Å². The summed E-state index contributed by atoms with van der Waals surface area (Å²) in [6.07, 6.45) is 2.51. The van der Waals surface area contributed by atoms with Crippen LogP contribution in [0.2, 0.25) is 0 Å². The molecule has 1 aromatic rings. The Morgan fingerprint density at radius 1 is 1.47 bits per heavy atom. The van der Waals surface area contributed by atoms with Gasteiger partial charge in [-0.15, -0.1) is 0 Å². The Bertz CT molecular complexity index is 424. The van der Waals surface area contributed by atoms with E-state index in [9.17, 15) is 4.79 Å². The quantitative estimate of drug-likeness (QED) is 0.810. The van der Waals surface area contributed by atoms with Gasteiger partial charge in [-0.05, 0) is 50.3 Å². The van der Waals surface area contributed by atoms with Crippen LogP contribution in [0.4, 0.5) is 5.69 Å². The molecule has 17 heavy (non-hydrogen) atoms. The van der Waals surface area contributed by atoms with Gasteiger partial charge in [-0.25, -0.2) is 0 Å². The maximum Gasteiger partial charge on any atom is 0.255 e. The first-order chi connectivity index (χ1) is 8.11. The number of rotatable bonds is 4. The molecule has 0 atom stereocenters. The molecule has 1 aromatic carbocycles. The van der Waals surface area contributed by atoms with Crippen molar-refractivity contribution in [3.63, 3.8) is 0 Å². The molecule has 2 N–H and O–H groups in total. The van der Waals surface area contributed by atoms with Gasteiger partial charge in [0, 0.05) is 18.8 Å². The first-order valence-electron chi connectivity index (χ1n) is 6.27. The van der Waals surface area contributed by atoms with Crippen molar-refractivity contribution in [1.29, 1.82) is 0 Å². The molecule has 0 heterocycles. The summed E-state index contributed by atoms with van der Waals surface area (Å²) in [6.45, 7) is 5.63. The van der Waals surface area contributed by atoms with E-state index in [1.54, 1.807) is 0 Å². The Kier molecular flexibility index (Phi) is 3.36. The molecule has 0 radical (unpaired) electrons. The van der Waals surface area contributed by atoms with Crippen molar-refractivity contribution >= 4 is 11.6 Å². The molecule has 2 rings (SSSR count). The third kappa shape index (κ3) is 2.78. The summed E-state index contributed by atoms with van der Waals surface area (Å²) in [6, 6.07) is 5.63. The normalized spacial score (nSPS) is 14.7. The van der Waals surface area contributed by atoms with Gasteiger partial charge in [0.05, 0.1) is 5.56 Å². The second kappa shape index (κ2) is 4.78. The van der Waals surface area contributed by atoms with E-state index in [0.29, 0.717) is 17.2 Å². The number of hydrogen-bond donors (Lipinski definition) is 1. The number of nitrogens with two attached hydrogens (primary N) is 1. The van der Waals surface area contributed by atoms with E-state index in [0.717, 1.165) is 18.7 Å². The standard InChI is InChI=1S/C14H20N2O/c1-3-16(9-11-5-6-11)14(17)12-7-4-10(2)8-13(12)15/h4,7-8,11H,3,5-6,9,15H2,1-2H3. The fraction of sp³-hybridized carbons (Fsp3) is 0.500. The maximum atomic E-state index is 12.3. The molecular formula is C14H20N2O. The lowest BCUT2D eigenvalue weighted by Gasteiger charge is -2.21. The van der Waals surface area contributed by atoms with Gasteiger partial charge in [0.25, 0.3) is 5.91 Å². The number of nitrogens with zero attached hydrogens (tertiary/aromatic N) is 1. The Morgan fingerprint density at radius 2 is 2.18 bits per heavy atom. The van der Waals surface area contributed by atoms with Gasteiger partial charge >= 0.3 is 0 Å². The fourth-order valence-electron chi connectivity index (χ4n) is 2.01.